The molecular formula is C32H35N3O4. The van der Waals surface area contributed by atoms with E-state index in [0.717, 1.165) is 40.6 Å². The summed E-state index contributed by atoms with van der Waals surface area (Å²) in [5, 5.41) is 10.7. The van der Waals surface area contributed by atoms with Gasteiger partial charge < -0.3 is 19.5 Å². The quantitative estimate of drug-likeness (QED) is 0.504. The van der Waals surface area contributed by atoms with Gasteiger partial charge in [0, 0.05) is 60.7 Å². The monoisotopic (exact) mass is 525 g/mol. The Bertz CT molecular complexity index is 1490. The molecule has 0 spiro atoms. The van der Waals surface area contributed by atoms with Crippen LogP contribution in [0.2, 0.25) is 0 Å². The van der Waals surface area contributed by atoms with E-state index in [0.29, 0.717) is 49.8 Å². The molecule has 2 aromatic carbocycles. The molecule has 2 amide bonds. The summed E-state index contributed by atoms with van der Waals surface area (Å²) in [4.78, 5) is 41.9. The second-order valence-corrected chi connectivity index (χ2v) is 11.1. The summed E-state index contributed by atoms with van der Waals surface area (Å²) in [5.41, 5.74) is 6.70. The van der Waals surface area contributed by atoms with E-state index in [2.05, 4.69) is 16.7 Å². The highest BCUT2D eigenvalue weighted by atomic mass is 16.3. The van der Waals surface area contributed by atoms with Crippen molar-refractivity contribution in [1.82, 2.24) is 14.4 Å². The Labute approximate surface area is 228 Å². The summed E-state index contributed by atoms with van der Waals surface area (Å²) < 4.78 is 2.23. The number of carbonyl (C=O) groups excluding carboxylic acids is 3. The topological polar surface area (TPSA) is 82.8 Å². The lowest BCUT2D eigenvalue weighted by Crippen LogP contribution is -2.50. The Morgan fingerprint density at radius 3 is 2.36 bits per heavy atom. The van der Waals surface area contributed by atoms with E-state index in [1.807, 2.05) is 41.3 Å². The average molecular weight is 526 g/mol. The molecule has 39 heavy (non-hydrogen) atoms. The Morgan fingerprint density at radius 1 is 0.923 bits per heavy atom. The third kappa shape index (κ3) is 4.59. The van der Waals surface area contributed by atoms with Gasteiger partial charge in [-0.25, -0.2) is 0 Å². The summed E-state index contributed by atoms with van der Waals surface area (Å²) in [6, 6.07) is 14.0. The van der Waals surface area contributed by atoms with Crippen LogP contribution in [0.3, 0.4) is 0 Å². The van der Waals surface area contributed by atoms with Crippen molar-refractivity contribution >= 4 is 34.6 Å². The Morgan fingerprint density at radius 2 is 1.64 bits per heavy atom. The molecule has 1 aromatic heterocycles. The van der Waals surface area contributed by atoms with Crippen LogP contribution in [0.5, 0.6) is 0 Å². The molecule has 2 aliphatic heterocycles. The predicted molar refractivity (Wildman–Crippen MR) is 151 cm³/mol. The van der Waals surface area contributed by atoms with Crippen LogP contribution in [0, 0.1) is 0 Å². The number of nitrogens with zero attached hydrogens (tertiary/aromatic N) is 3. The van der Waals surface area contributed by atoms with Gasteiger partial charge in [0.05, 0.1) is 12.2 Å². The Hall–Kier alpha value is -3.71. The van der Waals surface area contributed by atoms with Crippen molar-refractivity contribution in [3.05, 3.63) is 64.7 Å². The van der Waals surface area contributed by atoms with Crippen molar-refractivity contribution in [2.75, 3.05) is 32.8 Å². The zero-order chi connectivity index (χ0) is 27.1. The van der Waals surface area contributed by atoms with Crippen LogP contribution in [0.25, 0.3) is 28.2 Å². The van der Waals surface area contributed by atoms with Crippen molar-refractivity contribution in [3.8, 4) is 11.3 Å². The van der Waals surface area contributed by atoms with Gasteiger partial charge in [-0.15, -0.1) is 0 Å². The largest absolute Gasteiger partial charge is 0.388 e. The molecule has 7 heteroatoms. The summed E-state index contributed by atoms with van der Waals surface area (Å²) in [6.45, 7) is 3.55. The fourth-order valence-electron chi connectivity index (χ4n) is 6.70. The van der Waals surface area contributed by atoms with Crippen molar-refractivity contribution in [2.24, 2.45) is 0 Å². The molecule has 0 radical (unpaired) electrons. The van der Waals surface area contributed by atoms with Gasteiger partial charge >= 0.3 is 0 Å². The van der Waals surface area contributed by atoms with E-state index in [1.165, 1.54) is 24.8 Å². The van der Waals surface area contributed by atoms with Crippen LogP contribution < -0.4 is 0 Å². The average Bonchev–Trinajstić information content (AvgIpc) is 3.19. The number of carbonyl (C=O) groups is 3. The van der Waals surface area contributed by atoms with E-state index in [4.69, 9.17) is 0 Å². The first-order valence-corrected chi connectivity index (χ1v) is 14.1. The number of rotatable bonds is 4. The van der Waals surface area contributed by atoms with Crippen LogP contribution in [0.1, 0.15) is 66.4 Å². The molecule has 202 valence electrons. The van der Waals surface area contributed by atoms with Gasteiger partial charge in [0.1, 0.15) is 6.61 Å². The fraction of sp³-hybridized carbons (Fsp3) is 0.406. The number of aliphatic hydroxyl groups is 1. The van der Waals surface area contributed by atoms with Gasteiger partial charge in [-0.1, -0.05) is 55.7 Å². The minimum absolute atomic E-state index is 0.00971. The zero-order valence-corrected chi connectivity index (χ0v) is 22.5. The summed E-state index contributed by atoms with van der Waals surface area (Å²) in [7, 11) is 0. The summed E-state index contributed by atoms with van der Waals surface area (Å²) in [5.74, 6) is 0.138. The van der Waals surface area contributed by atoms with E-state index < -0.39 is 6.61 Å². The van der Waals surface area contributed by atoms with Crippen molar-refractivity contribution in [2.45, 2.75) is 51.5 Å². The number of hydrogen-bond acceptors (Lipinski definition) is 4. The minimum atomic E-state index is -0.534. The Kier molecular flexibility index (Phi) is 6.85. The summed E-state index contributed by atoms with van der Waals surface area (Å²) >= 11 is 0. The van der Waals surface area contributed by atoms with E-state index >= 15 is 0 Å². The molecular weight excluding hydrogens is 490 g/mol. The van der Waals surface area contributed by atoms with Crippen LogP contribution in [0.15, 0.2) is 48.0 Å². The van der Waals surface area contributed by atoms with Crippen molar-refractivity contribution in [3.63, 3.8) is 0 Å². The predicted octanol–water partition coefficient (Wildman–Crippen LogP) is 4.62. The lowest BCUT2D eigenvalue weighted by Gasteiger charge is -2.34. The second-order valence-electron chi connectivity index (χ2n) is 11.1. The maximum Gasteiger partial charge on any atom is 0.251 e. The third-order valence-corrected chi connectivity index (χ3v) is 8.74. The molecule has 0 unspecified atom stereocenters. The minimum Gasteiger partial charge on any atom is -0.388 e. The lowest BCUT2D eigenvalue weighted by molar-refractivity contribution is -0.136. The van der Waals surface area contributed by atoms with Crippen molar-refractivity contribution < 1.29 is 19.5 Å². The normalized spacial score (nSPS) is 17.8. The molecule has 3 aliphatic rings. The number of amides is 2. The molecule has 2 fully saturated rings. The highest BCUT2D eigenvalue weighted by molar-refractivity contribution is 6.05. The first kappa shape index (κ1) is 25.6. The molecule has 0 atom stereocenters. The number of fused-ring (bicyclic) bond motifs is 5. The molecule has 1 saturated heterocycles. The number of Topliss-reactive ketones (excluding diaryl/α,β-unsaturated/α-hetero) is 1. The molecule has 3 heterocycles. The van der Waals surface area contributed by atoms with Crippen molar-refractivity contribution in [1.29, 1.82) is 0 Å². The van der Waals surface area contributed by atoms with E-state index in [-0.39, 0.29) is 17.6 Å². The maximum atomic E-state index is 13.9. The fourth-order valence-corrected chi connectivity index (χ4v) is 6.70. The van der Waals surface area contributed by atoms with Gasteiger partial charge in [0.25, 0.3) is 5.91 Å². The standard InChI is InChI=1S/C32H35N3O4/c1-21(37)33-13-15-34(16-14-33)32(39)25-17-23-9-5-6-10-26(23)31-30(22-7-3-2-4-8-22)27-12-11-24(29(38)20-36)18-28(27)35(31)19-25/h5-6,9-12,17-18,22,36H,2-4,7-8,13-16,19-20H2,1H3. The lowest BCUT2D eigenvalue weighted by atomic mass is 9.81. The molecule has 1 aliphatic carbocycles. The van der Waals surface area contributed by atoms with Gasteiger partial charge in [0.2, 0.25) is 5.91 Å². The highest BCUT2D eigenvalue weighted by Gasteiger charge is 2.32. The highest BCUT2D eigenvalue weighted by Crippen LogP contribution is 2.46. The number of aromatic nitrogens is 1. The van der Waals surface area contributed by atoms with Crippen LogP contribution in [0.4, 0.5) is 0 Å². The number of aliphatic hydroxyl groups excluding tert-OH is 1. The number of hydrogen-bond donors (Lipinski definition) is 1. The SMILES string of the molecule is CC(=O)N1CCN(C(=O)C2=Cc3ccccc3-c3c(C4CCCCC4)c4ccc(C(=O)CO)cc4n3C2)CC1. The number of benzene rings is 2. The van der Waals surface area contributed by atoms with E-state index in [1.54, 1.807) is 11.8 Å². The molecule has 3 aromatic rings. The molecule has 0 bridgehead atoms. The first-order chi connectivity index (χ1) is 19.0. The molecule has 1 saturated carbocycles. The first-order valence-electron chi connectivity index (χ1n) is 14.1. The number of ketones is 1. The second kappa shape index (κ2) is 10.5. The maximum absolute atomic E-state index is 13.9. The number of piperazine rings is 1. The molecule has 6 rings (SSSR count). The van der Waals surface area contributed by atoms with Crippen LogP contribution in [-0.2, 0) is 16.1 Å². The van der Waals surface area contributed by atoms with Crippen LogP contribution in [-0.4, -0.2) is 69.9 Å². The Balaban J connectivity index is 1.50. The van der Waals surface area contributed by atoms with Gasteiger partial charge in [-0.2, -0.15) is 0 Å². The zero-order valence-electron chi connectivity index (χ0n) is 22.5. The van der Waals surface area contributed by atoms with E-state index in [9.17, 15) is 19.5 Å². The summed E-state index contributed by atoms with van der Waals surface area (Å²) in [6.07, 6.45) is 7.95. The van der Waals surface area contributed by atoms with Gasteiger partial charge in [-0.05, 0) is 42.0 Å². The molecule has 1 N–H and O–H groups in total. The van der Waals surface area contributed by atoms with Gasteiger partial charge in [-0.3, -0.25) is 14.4 Å². The molecule has 7 nitrogen and oxygen atoms in total. The van der Waals surface area contributed by atoms with Gasteiger partial charge in [0.15, 0.2) is 5.78 Å². The van der Waals surface area contributed by atoms with Crippen LogP contribution >= 0.6 is 0 Å². The smallest absolute Gasteiger partial charge is 0.251 e. The third-order valence-electron chi connectivity index (χ3n) is 8.74.